The highest BCUT2D eigenvalue weighted by atomic mass is 35.5. The molecule has 96 valence electrons. The van der Waals surface area contributed by atoms with Crippen LogP contribution in [0.4, 0.5) is 13.2 Å². The zero-order chi connectivity index (χ0) is 12.9. The molecule has 0 atom stereocenters. The van der Waals surface area contributed by atoms with Gasteiger partial charge < -0.3 is 4.74 Å². The van der Waals surface area contributed by atoms with Gasteiger partial charge in [-0.15, -0.1) is 0 Å². The van der Waals surface area contributed by atoms with E-state index < -0.39 is 12.6 Å². The molecule has 0 N–H and O–H groups in total. The van der Waals surface area contributed by atoms with Crippen molar-refractivity contribution in [2.75, 3.05) is 6.61 Å². The maximum atomic E-state index is 11.9. The van der Waals surface area contributed by atoms with E-state index in [1.807, 2.05) is 6.92 Å². The second-order valence-electron chi connectivity index (χ2n) is 3.37. The van der Waals surface area contributed by atoms with Crippen LogP contribution in [0.25, 0.3) is 0 Å². The Bertz CT molecular complexity index is 371. The van der Waals surface area contributed by atoms with Crippen molar-refractivity contribution in [1.29, 1.82) is 0 Å². The van der Waals surface area contributed by atoms with E-state index in [0.717, 1.165) is 0 Å². The van der Waals surface area contributed by atoms with Crippen LogP contribution in [-0.4, -0.2) is 22.8 Å². The molecule has 0 aromatic carbocycles. The summed E-state index contributed by atoms with van der Waals surface area (Å²) in [6.45, 7) is 1.80. The van der Waals surface area contributed by atoms with Crippen LogP contribution in [0.3, 0.4) is 0 Å². The number of halogens is 4. The van der Waals surface area contributed by atoms with Gasteiger partial charge in [-0.05, 0) is 6.42 Å². The Kier molecular flexibility index (Phi) is 4.99. The highest BCUT2D eigenvalue weighted by Crippen LogP contribution is 2.21. The first-order valence-corrected chi connectivity index (χ1v) is 5.51. The van der Waals surface area contributed by atoms with Crippen LogP contribution in [0.1, 0.15) is 25.6 Å². The van der Waals surface area contributed by atoms with Gasteiger partial charge in [0.2, 0.25) is 5.88 Å². The van der Waals surface area contributed by atoms with E-state index in [0.29, 0.717) is 12.2 Å². The molecule has 0 spiro atoms. The standard InChI is InChI=1S/C10H12ClF3N2O/c1-2-8-15-7(11)6-9(16-8)17-5-3-4-10(12,13)14/h6H,2-5H2,1H3. The molecule has 1 aromatic rings. The molecule has 1 rings (SSSR count). The van der Waals surface area contributed by atoms with Gasteiger partial charge >= 0.3 is 6.18 Å². The maximum absolute atomic E-state index is 11.9. The molecule has 0 aliphatic carbocycles. The fourth-order valence-electron chi connectivity index (χ4n) is 1.12. The predicted molar refractivity (Wildman–Crippen MR) is 57.2 cm³/mol. The second kappa shape index (κ2) is 6.05. The van der Waals surface area contributed by atoms with Gasteiger partial charge in [-0.3, -0.25) is 0 Å². The molecule has 0 radical (unpaired) electrons. The van der Waals surface area contributed by atoms with Crippen LogP contribution < -0.4 is 4.74 Å². The molecule has 0 bridgehead atoms. The Morgan fingerprint density at radius 3 is 2.65 bits per heavy atom. The molecule has 17 heavy (non-hydrogen) atoms. The lowest BCUT2D eigenvalue weighted by atomic mass is 10.3. The van der Waals surface area contributed by atoms with Crippen LogP contribution in [-0.2, 0) is 6.42 Å². The molecule has 0 fully saturated rings. The minimum absolute atomic E-state index is 0.0456. The molecule has 0 aliphatic rings. The van der Waals surface area contributed by atoms with Crippen molar-refractivity contribution in [3.05, 3.63) is 17.0 Å². The topological polar surface area (TPSA) is 35.0 Å². The number of ether oxygens (including phenoxy) is 1. The highest BCUT2D eigenvalue weighted by Gasteiger charge is 2.26. The first-order chi connectivity index (χ1) is 7.90. The fourth-order valence-corrected chi connectivity index (χ4v) is 1.31. The van der Waals surface area contributed by atoms with Gasteiger partial charge in [0.05, 0.1) is 6.61 Å². The smallest absolute Gasteiger partial charge is 0.389 e. The molecule has 1 aromatic heterocycles. The number of nitrogens with zero attached hydrogens (tertiary/aromatic N) is 2. The number of hydrogen-bond acceptors (Lipinski definition) is 3. The van der Waals surface area contributed by atoms with E-state index in [9.17, 15) is 13.2 Å². The van der Waals surface area contributed by atoms with E-state index in [4.69, 9.17) is 16.3 Å². The van der Waals surface area contributed by atoms with E-state index in [2.05, 4.69) is 9.97 Å². The third kappa shape index (κ3) is 5.72. The van der Waals surface area contributed by atoms with Crippen LogP contribution in [0.5, 0.6) is 5.88 Å². The van der Waals surface area contributed by atoms with Gasteiger partial charge in [0.25, 0.3) is 0 Å². The minimum Gasteiger partial charge on any atom is -0.478 e. The molecule has 0 unspecified atom stereocenters. The van der Waals surface area contributed by atoms with Gasteiger partial charge in [0.15, 0.2) is 0 Å². The van der Waals surface area contributed by atoms with Crippen molar-refractivity contribution in [2.45, 2.75) is 32.4 Å². The average molecular weight is 269 g/mol. The van der Waals surface area contributed by atoms with Crippen molar-refractivity contribution in [3.8, 4) is 5.88 Å². The number of aromatic nitrogens is 2. The summed E-state index contributed by atoms with van der Waals surface area (Å²) in [5.41, 5.74) is 0. The highest BCUT2D eigenvalue weighted by molar-refractivity contribution is 6.29. The zero-order valence-electron chi connectivity index (χ0n) is 9.22. The van der Waals surface area contributed by atoms with Crippen molar-refractivity contribution in [2.24, 2.45) is 0 Å². The molecule has 0 saturated carbocycles. The van der Waals surface area contributed by atoms with E-state index in [1.165, 1.54) is 6.07 Å². The molecular weight excluding hydrogens is 257 g/mol. The Morgan fingerprint density at radius 1 is 1.35 bits per heavy atom. The largest absolute Gasteiger partial charge is 0.478 e. The van der Waals surface area contributed by atoms with Gasteiger partial charge in [-0.25, -0.2) is 4.98 Å². The van der Waals surface area contributed by atoms with Gasteiger partial charge in [0, 0.05) is 18.9 Å². The fraction of sp³-hybridized carbons (Fsp3) is 0.600. The monoisotopic (exact) mass is 268 g/mol. The normalized spacial score (nSPS) is 11.6. The third-order valence-electron chi connectivity index (χ3n) is 1.89. The molecule has 0 aliphatic heterocycles. The van der Waals surface area contributed by atoms with Gasteiger partial charge in [-0.1, -0.05) is 18.5 Å². The molecule has 0 amide bonds. The van der Waals surface area contributed by atoms with Gasteiger partial charge in [-0.2, -0.15) is 18.2 Å². The SMILES string of the molecule is CCc1nc(Cl)cc(OCCCC(F)(F)F)n1. The average Bonchev–Trinajstić information content (AvgIpc) is 2.22. The lowest BCUT2D eigenvalue weighted by molar-refractivity contribution is -0.136. The van der Waals surface area contributed by atoms with Crippen LogP contribution >= 0.6 is 11.6 Å². The molecule has 3 nitrogen and oxygen atoms in total. The number of hydrogen-bond donors (Lipinski definition) is 0. The predicted octanol–water partition coefficient (Wildman–Crippen LogP) is 3.41. The first kappa shape index (κ1) is 14.0. The number of rotatable bonds is 5. The number of alkyl halides is 3. The summed E-state index contributed by atoms with van der Waals surface area (Å²) < 4.78 is 40.7. The van der Waals surface area contributed by atoms with E-state index in [-0.39, 0.29) is 24.1 Å². The van der Waals surface area contributed by atoms with Crippen molar-refractivity contribution < 1.29 is 17.9 Å². The third-order valence-corrected chi connectivity index (χ3v) is 2.08. The van der Waals surface area contributed by atoms with Crippen molar-refractivity contribution >= 4 is 11.6 Å². The molecule has 1 heterocycles. The van der Waals surface area contributed by atoms with Crippen molar-refractivity contribution in [1.82, 2.24) is 9.97 Å². The quantitative estimate of drug-likeness (QED) is 0.606. The zero-order valence-corrected chi connectivity index (χ0v) is 9.98. The van der Waals surface area contributed by atoms with E-state index in [1.54, 1.807) is 0 Å². The van der Waals surface area contributed by atoms with E-state index >= 15 is 0 Å². The Hall–Kier alpha value is -1.04. The maximum Gasteiger partial charge on any atom is 0.389 e. The summed E-state index contributed by atoms with van der Waals surface area (Å²) in [6.07, 6.45) is -4.54. The number of aryl methyl sites for hydroxylation is 1. The lowest BCUT2D eigenvalue weighted by Gasteiger charge is -2.08. The summed E-state index contributed by atoms with van der Waals surface area (Å²) in [7, 11) is 0. The Balaban J connectivity index is 2.44. The Labute approximate surface area is 102 Å². The van der Waals surface area contributed by atoms with Gasteiger partial charge in [0.1, 0.15) is 11.0 Å². The van der Waals surface area contributed by atoms with Crippen LogP contribution in [0.15, 0.2) is 6.07 Å². The van der Waals surface area contributed by atoms with Crippen LogP contribution in [0.2, 0.25) is 5.15 Å². The summed E-state index contributed by atoms with van der Waals surface area (Å²) in [5.74, 6) is 0.715. The molecule has 7 heteroatoms. The lowest BCUT2D eigenvalue weighted by Crippen LogP contribution is -2.10. The summed E-state index contributed by atoms with van der Waals surface area (Å²) in [4.78, 5) is 7.90. The Morgan fingerprint density at radius 2 is 2.06 bits per heavy atom. The summed E-state index contributed by atoms with van der Waals surface area (Å²) in [5, 5.41) is 0.225. The van der Waals surface area contributed by atoms with Crippen molar-refractivity contribution in [3.63, 3.8) is 0 Å². The first-order valence-electron chi connectivity index (χ1n) is 5.13. The van der Waals surface area contributed by atoms with Crippen LogP contribution in [0, 0.1) is 0 Å². The second-order valence-corrected chi connectivity index (χ2v) is 3.75. The summed E-state index contributed by atoms with van der Waals surface area (Å²) >= 11 is 5.70. The minimum atomic E-state index is -4.15. The summed E-state index contributed by atoms with van der Waals surface area (Å²) in [6, 6.07) is 1.38. The molecule has 0 saturated heterocycles. The molecular formula is C10H12ClF3N2O.